The van der Waals surface area contributed by atoms with E-state index in [2.05, 4.69) is 64.0 Å². The van der Waals surface area contributed by atoms with Crippen molar-refractivity contribution in [3.63, 3.8) is 0 Å². The standard InChI is InChI=1S/C14H17Br2NO/c1-14(2,3)7-11(16)9-4-8-5-13(18)17-12(8)6-10(9)15/h4,6,11H,5,7H2,1-3H3,(H,17,18). The summed E-state index contributed by atoms with van der Waals surface area (Å²) in [6, 6.07) is 4.13. The number of carbonyl (C=O) groups is 1. The van der Waals surface area contributed by atoms with E-state index >= 15 is 0 Å². The Hall–Kier alpha value is -0.350. The number of amides is 1. The number of carbonyl (C=O) groups excluding carboxylic acids is 1. The lowest BCUT2D eigenvalue weighted by Crippen LogP contribution is -2.09. The summed E-state index contributed by atoms with van der Waals surface area (Å²) >= 11 is 7.36. The molecule has 2 nitrogen and oxygen atoms in total. The zero-order valence-electron chi connectivity index (χ0n) is 10.8. The zero-order chi connectivity index (χ0) is 13.5. The number of hydrogen-bond donors (Lipinski definition) is 1. The number of halogens is 2. The molecule has 0 radical (unpaired) electrons. The van der Waals surface area contributed by atoms with Gasteiger partial charge in [-0.15, -0.1) is 0 Å². The first-order chi connectivity index (χ1) is 8.26. The van der Waals surface area contributed by atoms with Crippen LogP contribution in [0, 0.1) is 5.41 Å². The van der Waals surface area contributed by atoms with Crippen molar-refractivity contribution in [2.45, 2.75) is 38.4 Å². The van der Waals surface area contributed by atoms with E-state index in [9.17, 15) is 4.79 Å². The van der Waals surface area contributed by atoms with Crippen LogP contribution in [0.15, 0.2) is 16.6 Å². The van der Waals surface area contributed by atoms with E-state index in [1.54, 1.807) is 0 Å². The van der Waals surface area contributed by atoms with E-state index in [4.69, 9.17) is 0 Å². The lowest BCUT2D eigenvalue weighted by molar-refractivity contribution is -0.115. The van der Waals surface area contributed by atoms with Gasteiger partial charge in [-0.05, 0) is 29.0 Å². The molecule has 0 fully saturated rings. The summed E-state index contributed by atoms with van der Waals surface area (Å²) in [7, 11) is 0. The molecule has 1 aromatic rings. The average Bonchev–Trinajstić information content (AvgIpc) is 2.53. The predicted molar refractivity (Wildman–Crippen MR) is 82.2 cm³/mol. The fourth-order valence-corrected chi connectivity index (χ4v) is 4.43. The van der Waals surface area contributed by atoms with Gasteiger partial charge >= 0.3 is 0 Å². The van der Waals surface area contributed by atoms with E-state index in [1.807, 2.05) is 6.07 Å². The zero-order valence-corrected chi connectivity index (χ0v) is 14.0. The van der Waals surface area contributed by atoms with E-state index in [0.29, 0.717) is 11.2 Å². The van der Waals surface area contributed by atoms with E-state index < -0.39 is 0 Å². The fourth-order valence-electron chi connectivity index (χ4n) is 2.15. The number of nitrogens with one attached hydrogen (secondary N) is 1. The second-order valence-electron chi connectivity index (χ2n) is 5.99. The number of fused-ring (bicyclic) bond motifs is 1. The van der Waals surface area contributed by atoms with Crippen LogP contribution in [-0.4, -0.2) is 5.91 Å². The molecule has 1 atom stereocenters. The Labute approximate surface area is 125 Å². The van der Waals surface area contributed by atoms with Gasteiger partial charge in [0.05, 0.1) is 6.42 Å². The number of benzene rings is 1. The van der Waals surface area contributed by atoms with Crippen LogP contribution in [0.5, 0.6) is 0 Å². The molecule has 1 aromatic carbocycles. The van der Waals surface area contributed by atoms with Crippen LogP contribution in [0.2, 0.25) is 0 Å². The Morgan fingerprint density at radius 1 is 1.39 bits per heavy atom. The Morgan fingerprint density at radius 2 is 2.06 bits per heavy atom. The summed E-state index contributed by atoms with van der Waals surface area (Å²) in [5, 5.41) is 2.87. The number of alkyl halides is 1. The van der Waals surface area contributed by atoms with Crippen LogP contribution in [0.4, 0.5) is 5.69 Å². The van der Waals surface area contributed by atoms with Gasteiger partial charge in [0.25, 0.3) is 0 Å². The van der Waals surface area contributed by atoms with Crippen LogP contribution in [-0.2, 0) is 11.2 Å². The first-order valence-electron chi connectivity index (χ1n) is 6.02. The highest BCUT2D eigenvalue weighted by atomic mass is 79.9. The van der Waals surface area contributed by atoms with Crippen molar-refractivity contribution in [1.82, 2.24) is 0 Å². The fraction of sp³-hybridized carbons (Fsp3) is 0.500. The quantitative estimate of drug-likeness (QED) is 0.739. The SMILES string of the molecule is CC(C)(C)CC(Br)c1cc2c(cc1Br)NC(=O)C2. The Kier molecular flexibility index (Phi) is 3.88. The lowest BCUT2D eigenvalue weighted by Gasteiger charge is -2.23. The molecule has 18 heavy (non-hydrogen) atoms. The first-order valence-corrected chi connectivity index (χ1v) is 7.73. The van der Waals surface area contributed by atoms with Crippen molar-refractivity contribution in [1.29, 1.82) is 0 Å². The van der Waals surface area contributed by atoms with Gasteiger partial charge in [-0.3, -0.25) is 4.79 Å². The molecule has 1 unspecified atom stereocenters. The molecule has 1 aliphatic heterocycles. The van der Waals surface area contributed by atoms with Crippen molar-refractivity contribution in [2.24, 2.45) is 5.41 Å². The van der Waals surface area contributed by atoms with E-state index in [0.717, 1.165) is 22.1 Å². The second-order valence-corrected chi connectivity index (χ2v) is 7.95. The monoisotopic (exact) mass is 373 g/mol. The Balaban J connectivity index is 2.30. The normalized spacial score (nSPS) is 16.4. The third-order valence-corrected chi connectivity index (χ3v) is 4.48. The van der Waals surface area contributed by atoms with Gasteiger partial charge in [-0.2, -0.15) is 0 Å². The summed E-state index contributed by atoms with van der Waals surface area (Å²) in [4.78, 5) is 11.7. The van der Waals surface area contributed by atoms with Crippen LogP contribution in [0.1, 0.15) is 43.1 Å². The number of rotatable bonds is 2. The Morgan fingerprint density at radius 3 is 2.67 bits per heavy atom. The molecule has 0 spiro atoms. The first kappa shape index (κ1) is 14.1. The van der Waals surface area contributed by atoms with Crippen molar-refractivity contribution in [3.05, 3.63) is 27.7 Å². The molecule has 0 saturated heterocycles. The maximum atomic E-state index is 11.4. The maximum Gasteiger partial charge on any atom is 0.228 e. The topological polar surface area (TPSA) is 29.1 Å². The molecule has 4 heteroatoms. The summed E-state index contributed by atoms with van der Waals surface area (Å²) in [6.07, 6.45) is 1.54. The number of hydrogen-bond acceptors (Lipinski definition) is 1. The van der Waals surface area contributed by atoms with Gasteiger partial charge in [0.1, 0.15) is 0 Å². The minimum Gasteiger partial charge on any atom is -0.325 e. The van der Waals surface area contributed by atoms with Crippen molar-refractivity contribution < 1.29 is 4.79 Å². The molecule has 98 valence electrons. The minimum absolute atomic E-state index is 0.0796. The van der Waals surface area contributed by atoms with Crippen LogP contribution in [0.3, 0.4) is 0 Å². The van der Waals surface area contributed by atoms with Crippen LogP contribution in [0.25, 0.3) is 0 Å². The van der Waals surface area contributed by atoms with Gasteiger partial charge in [0.15, 0.2) is 0 Å². The molecule has 0 aromatic heterocycles. The lowest BCUT2D eigenvalue weighted by atomic mass is 9.88. The summed E-state index contributed by atoms with van der Waals surface area (Å²) in [6.45, 7) is 6.69. The summed E-state index contributed by atoms with van der Waals surface area (Å²) in [5.74, 6) is 0.0796. The number of anilines is 1. The van der Waals surface area contributed by atoms with Gasteiger partial charge in [0, 0.05) is 15.0 Å². The molecule has 2 rings (SSSR count). The van der Waals surface area contributed by atoms with E-state index in [1.165, 1.54) is 5.56 Å². The third kappa shape index (κ3) is 3.15. The maximum absolute atomic E-state index is 11.4. The molecule has 1 amide bonds. The molecule has 0 aliphatic carbocycles. The predicted octanol–water partition coefficient (Wildman–Crippen LogP) is 4.82. The van der Waals surface area contributed by atoms with Gasteiger partial charge in [0.2, 0.25) is 5.91 Å². The highest BCUT2D eigenvalue weighted by molar-refractivity contribution is 9.11. The summed E-state index contributed by atoms with van der Waals surface area (Å²) in [5.41, 5.74) is 3.52. The molecular formula is C14H17Br2NO. The summed E-state index contributed by atoms with van der Waals surface area (Å²) < 4.78 is 1.05. The highest BCUT2D eigenvalue weighted by Crippen LogP contribution is 2.41. The average molecular weight is 375 g/mol. The van der Waals surface area contributed by atoms with Crippen molar-refractivity contribution in [2.75, 3.05) is 5.32 Å². The molecule has 1 aliphatic rings. The third-order valence-electron chi connectivity index (χ3n) is 2.98. The van der Waals surface area contributed by atoms with Crippen molar-refractivity contribution >= 4 is 43.5 Å². The van der Waals surface area contributed by atoms with Gasteiger partial charge in [-0.25, -0.2) is 0 Å². The van der Waals surface area contributed by atoms with Gasteiger partial charge in [-0.1, -0.05) is 58.7 Å². The highest BCUT2D eigenvalue weighted by Gasteiger charge is 2.24. The van der Waals surface area contributed by atoms with Crippen LogP contribution >= 0.6 is 31.9 Å². The molecule has 1 N–H and O–H groups in total. The molecule has 1 heterocycles. The van der Waals surface area contributed by atoms with E-state index in [-0.39, 0.29) is 11.3 Å². The van der Waals surface area contributed by atoms with Crippen LogP contribution < -0.4 is 5.32 Å². The smallest absolute Gasteiger partial charge is 0.228 e. The van der Waals surface area contributed by atoms with Crippen molar-refractivity contribution in [3.8, 4) is 0 Å². The largest absolute Gasteiger partial charge is 0.325 e. The second kappa shape index (κ2) is 4.97. The van der Waals surface area contributed by atoms with Gasteiger partial charge < -0.3 is 5.32 Å². The molecular weight excluding hydrogens is 358 g/mol. The molecule has 0 saturated carbocycles. The molecule has 0 bridgehead atoms. The minimum atomic E-state index is 0.0796. The Bertz CT molecular complexity index is 491.